The highest BCUT2D eigenvalue weighted by Crippen LogP contribution is 2.25. The Bertz CT molecular complexity index is 493. The average molecular weight is 244 g/mol. The zero-order valence-corrected chi connectivity index (χ0v) is 11.0. The summed E-state index contributed by atoms with van der Waals surface area (Å²) in [6.45, 7) is 0.807. The fourth-order valence-corrected chi connectivity index (χ4v) is 2.32. The summed E-state index contributed by atoms with van der Waals surface area (Å²) in [4.78, 5) is 4.40. The van der Waals surface area contributed by atoms with Crippen molar-refractivity contribution in [3.05, 3.63) is 42.1 Å². The summed E-state index contributed by atoms with van der Waals surface area (Å²) in [5, 5.41) is 4.62. The topological polar surface area (TPSA) is 34.1 Å². The van der Waals surface area contributed by atoms with Crippen LogP contribution in [0.3, 0.4) is 0 Å². The molecule has 1 N–H and O–H groups in total. The summed E-state index contributed by atoms with van der Waals surface area (Å²) in [6.07, 6.45) is 3.96. The molecular formula is C15H20N2O. The summed E-state index contributed by atoms with van der Waals surface area (Å²) < 4.78 is 5.12. The third-order valence-electron chi connectivity index (χ3n) is 3.24. The lowest BCUT2D eigenvalue weighted by molar-refractivity contribution is 0.189. The third kappa shape index (κ3) is 2.86. The number of nitrogens with zero attached hydrogens (tertiary/aromatic N) is 1. The summed E-state index contributed by atoms with van der Waals surface area (Å²) in [5.74, 6) is 0. The number of nitrogens with one attached hydrogen (secondary N) is 1. The molecule has 0 radical (unpaired) electrons. The van der Waals surface area contributed by atoms with Crippen molar-refractivity contribution in [1.29, 1.82) is 0 Å². The zero-order chi connectivity index (χ0) is 12.8. The Morgan fingerprint density at radius 1 is 1.28 bits per heavy atom. The van der Waals surface area contributed by atoms with Crippen molar-refractivity contribution < 1.29 is 4.74 Å². The van der Waals surface area contributed by atoms with Gasteiger partial charge in [0.1, 0.15) is 0 Å². The summed E-state index contributed by atoms with van der Waals surface area (Å²) in [5.41, 5.74) is 2.38. The minimum absolute atomic E-state index is 0.355. The van der Waals surface area contributed by atoms with E-state index in [0.717, 1.165) is 25.0 Å². The second-order valence-corrected chi connectivity index (χ2v) is 4.39. The van der Waals surface area contributed by atoms with Crippen molar-refractivity contribution in [2.75, 3.05) is 20.8 Å². The van der Waals surface area contributed by atoms with Crippen LogP contribution in [0.25, 0.3) is 10.9 Å². The smallest absolute Gasteiger partial charge is 0.0705 e. The van der Waals surface area contributed by atoms with Crippen molar-refractivity contribution in [1.82, 2.24) is 10.3 Å². The van der Waals surface area contributed by atoms with Gasteiger partial charge in [0.2, 0.25) is 0 Å². The molecule has 1 heterocycles. The highest BCUT2D eigenvalue weighted by atomic mass is 16.5. The molecule has 0 amide bonds. The molecule has 3 nitrogen and oxygen atoms in total. The van der Waals surface area contributed by atoms with Crippen LogP contribution in [0.5, 0.6) is 0 Å². The molecule has 0 fully saturated rings. The van der Waals surface area contributed by atoms with Crippen LogP contribution in [-0.2, 0) is 4.74 Å². The van der Waals surface area contributed by atoms with Crippen LogP contribution < -0.4 is 5.32 Å². The van der Waals surface area contributed by atoms with Crippen molar-refractivity contribution in [2.24, 2.45) is 0 Å². The Kier molecular flexibility index (Phi) is 4.67. The molecule has 1 aromatic heterocycles. The first kappa shape index (κ1) is 13.0. The fraction of sp³-hybridized carbons (Fsp3) is 0.400. The van der Waals surface area contributed by atoms with E-state index in [1.165, 1.54) is 10.9 Å². The van der Waals surface area contributed by atoms with E-state index in [-0.39, 0.29) is 0 Å². The fourth-order valence-electron chi connectivity index (χ4n) is 2.32. The molecule has 0 aliphatic heterocycles. The molecule has 1 atom stereocenters. The van der Waals surface area contributed by atoms with E-state index in [1.54, 1.807) is 7.11 Å². The number of fused-ring (bicyclic) bond motifs is 1. The number of benzene rings is 1. The van der Waals surface area contributed by atoms with Gasteiger partial charge in [-0.3, -0.25) is 4.98 Å². The maximum absolute atomic E-state index is 5.12. The first-order valence-electron chi connectivity index (χ1n) is 6.36. The number of ether oxygens (including phenoxy) is 1. The predicted molar refractivity (Wildman–Crippen MR) is 74.7 cm³/mol. The van der Waals surface area contributed by atoms with Crippen LogP contribution in [0.4, 0.5) is 0 Å². The molecule has 0 saturated carbocycles. The molecule has 0 saturated heterocycles. The molecule has 1 unspecified atom stereocenters. The first-order chi connectivity index (χ1) is 8.86. The van der Waals surface area contributed by atoms with Crippen LogP contribution in [-0.4, -0.2) is 25.7 Å². The second kappa shape index (κ2) is 6.47. The van der Waals surface area contributed by atoms with Gasteiger partial charge < -0.3 is 10.1 Å². The molecule has 18 heavy (non-hydrogen) atoms. The van der Waals surface area contributed by atoms with E-state index < -0.39 is 0 Å². The van der Waals surface area contributed by atoms with Gasteiger partial charge in [0.15, 0.2) is 0 Å². The maximum Gasteiger partial charge on any atom is 0.0705 e. The molecule has 1 aromatic carbocycles. The van der Waals surface area contributed by atoms with E-state index in [1.807, 2.05) is 19.3 Å². The molecule has 96 valence electrons. The minimum Gasteiger partial charge on any atom is -0.385 e. The maximum atomic E-state index is 5.12. The first-order valence-corrected chi connectivity index (χ1v) is 6.36. The largest absolute Gasteiger partial charge is 0.385 e. The Morgan fingerprint density at radius 2 is 2.17 bits per heavy atom. The highest BCUT2D eigenvalue weighted by Gasteiger charge is 2.12. The molecule has 2 aromatic rings. The zero-order valence-electron chi connectivity index (χ0n) is 11.0. The molecule has 0 aliphatic carbocycles. The number of pyridine rings is 1. The lowest BCUT2D eigenvalue weighted by Crippen LogP contribution is -2.17. The molecule has 0 bridgehead atoms. The molecule has 0 aliphatic rings. The van der Waals surface area contributed by atoms with Gasteiger partial charge in [0, 0.05) is 31.3 Å². The molecule has 2 rings (SSSR count). The lowest BCUT2D eigenvalue weighted by Gasteiger charge is -2.18. The quantitative estimate of drug-likeness (QED) is 0.793. The third-order valence-corrected chi connectivity index (χ3v) is 3.24. The number of hydrogen-bond donors (Lipinski definition) is 1. The van der Waals surface area contributed by atoms with Gasteiger partial charge in [-0.05, 0) is 37.6 Å². The van der Waals surface area contributed by atoms with Crippen molar-refractivity contribution in [2.45, 2.75) is 18.9 Å². The van der Waals surface area contributed by atoms with Gasteiger partial charge in [0.05, 0.1) is 5.52 Å². The van der Waals surface area contributed by atoms with Crippen molar-refractivity contribution in [3.63, 3.8) is 0 Å². The standard InChI is InChI=1S/C15H20N2O/c1-16-14(9-5-11-18-2)12-6-3-8-15-13(12)7-4-10-17-15/h3-4,6-8,10,14,16H,5,9,11H2,1-2H3. The van der Waals surface area contributed by atoms with Crippen molar-refractivity contribution >= 4 is 10.9 Å². The van der Waals surface area contributed by atoms with Crippen LogP contribution in [0.1, 0.15) is 24.4 Å². The van der Waals surface area contributed by atoms with E-state index in [2.05, 4.69) is 34.6 Å². The second-order valence-electron chi connectivity index (χ2n) is 4.39. The van der Waals surface area contributed by atoms with Gasteiger partial charge in [-0.2, -0.15) is 0 Å². The normalized spacial score (nSPS) is 12.8. The Hall–Kier alpha value is -1.45. The van der Waals surface area contributed by atoms with Crippen molar-refractivity contribution in [3.8, 4) is 0 Å². The number of hydrogen-bond acceptors (Lipinski definition) is 3. The Balaban J connectivity index is 2.27. The van der Waals surface area contributed by atoms with Gasteiger partial charge in [-0.25, -0.2) is 0 Å². The van der Waals surface area contributed by atoms with Gasteiger partial charge in [-0.15, -0.1) is 0 Å². The Labute approximate surface area is 108 Å². The van der Waals surface area contributed by atoms with Crippen LogP contribution in [0, 0.1) is 0 Å². The molecule has 3 heteroatoms. The number of methoxy groups -OCH3 is 1. The van der Waals surface area contributed by atoms with E-state index in [4.69, 9.17) is 4.74 Å². The summed E-state index contributed by atoms with van der Waals surface area (Å²) in [7, 11) is 3.75. The summed E-state index contributed by atoms with van der Waals surface area (Å²) >= 11 is 0. The van der Waals surface area contributed by atoms with E-state index >= 15 is 0 Å². The van der Waals surface area contributed by atoms with Gasteiger partial charge in [-0.1, -0.05) is 18.2 Å². The molecular weight excluding hydrogens is 224 g/mol. The predicted octanol–water partition coefficient (Wildman–Crippen LogP) is 2.92. The van der Waals surface area contributed by atoms with Crippen LogP contribution >= 0.6 is 0 Å². The number of rotatable bonds is 6. The minimum atomic E-state index is 0.355. The summed E-state index contributed by atoms with van der Waals surface area (Å²) in [6, 6.07) is 10.8. The van der Waals surface area contributed by atoms with E-state index in [0.29, 0.717) is 6.04 Å². The Morgan fingerprint density at radius 3 is 2.94 bits per heavy atom. The van der Waals surface area contributed by atoms with E-state index in [9.17, 15) is 0 Å². The molecule has 0 spiro atoms. The number of aromatic nitrogens is 1. The monoisotopic (exact) mass is 244 g/mol. The average Bonchev–Trinajstić information content (AvgIpc) is 2.43. The lowest BCUT2D eigenvalue weighted by atomic mass is 9.98. The van der Waals surface area contributed by atoms with Crippen LogP contribution in [0.15, 0.2) is 36.5 Å². The van der Waals surface area contributed by atoms with Crippen LogP contribution in [0.2, 0.25) is 0 Å². The van der Waals surface area contributed by atoms with Gasteiger partial charge in [0.25, 0.3) is 0 Å². The van der Waals surface area contributed by atoms with Gasteiger partial charge >= 0.3 is 0 Å². The highest BCUT2D eigenvalue weighted by molar-refractivity contribution is 5.82. The SMILES string of the molecule is CNC(CCCOC)c1cccc2ncccc12.